The van der Waals surface area contributed by atoms with E-state index < -0.39 is 0 Å². The Morgan fingerprint density at radius 2 is 2.00 bits per heavy atom. The van der Waals surface area contributed by atoms with Crippen LogP contribution in [0.25, 0.3) is 0 Å². The number of aromatic nitrogens is 2. The van der Waals surface area contributed by atoms with Crippen molar-refractivity contribution in [3.63, 3.8) is 0 Å². The molecular formula is C6H9ClN2. The summed E-state index contributed by atoms with van der Waals surface area (Å²) in [5.41, 5.74) is 1.02. The van der Waals surface area contributed by atoms with Crippen LogP contribution < -0.4 is 0 Å². The quantitative estimate of drug-likeness (QED) is 0.542. The summed E-state index contributed by atoms with van der Waals surface area (Å²) in [5, 5.41) is 0.606. The van der Waals surface area contributed by atoms with E-state index in [1.54, 1.807) is 0 Å². The fourth-order valence-corrected chi connectivity index (χ4v) is 0.928. The van der Waals surface area contributed by atoms with Gasteiger partial charge in [-0.1, -0.05) is 11.6 Å². The first kappa shape index (κ1) is 6.62. The average molecular weight is 145 g/mol. The van der Waals surface area contributed by atoms with Crippen molar-refractivity contribution in [2.24, 2.45) is 7.05 Å². The molecule has 0 amide bonds. The summed E-state index contributed by atoms with van der Waals surface area (Å²) in [5.74, 6) is 0.956. The van der Waals surface area contributed by atoms with Crippen LogP contribution in [0.2, 0.25) is 5.15 Å². The normalized spacial score (nSPS) is 10.2. The van der Waals surface area contributed by atoms with Crippen molar-refractivity contribution in [3.8, 4) is 0 Å². The van der Waals surface area contributed by atoms with Gasteiger partial charge in [-0.05, 0) is 13.8 Å². The molecule has 50 valence electrons. The molecule has 0 saturated carbocycles. The minimum absolute atomic E-state index is 0.606. The molecular weight excluding hydrogens is 136 g/mol. The Morgan fingerprint density at radius 1 is 1.44 bits per heavy atom. The van der Waals surface area contributed by atoms with Gasteiger partial charge in [-0.3, -0.25) is 0 Å². The maximum Gasteiger partial charge on any atom is 0.150 e. The maximum absolute atomic E-state index is 5.70. The van der Waals surface area contributed by atoms with Gasteiger partial charge in [0.2, 0.25) is 0 Å². The lowest BCUT2D eigenvalue weighted by atomic mass is 10.5. The second-order valence-electron chi connectivity index (χ2n) is 2.09. The van der Waals surface area contributed by atoms with Crippen molar-refractivity contribution in [3.05, 3.63) is 16.7 Å². The third kappa shape index (κ3) is 0.944. The van der Waals surface area contributed by atoms with Gasteiger partial charge in [-0.2, -0.15) is 0 Å². The Hall–Kier alpha value is -0.500. The SMILES string of the molecule is Cc1nc(Cl)c(C)n1C. The molecule has 0 aliphatic heterocycles. The van der Waals surface area contributed by atoms with Crippen LogP contribution in [0.15, 0.2) is 0 Å². The molecule has 0 fully saturated rings. The summed E-state index contributed by atoms with van der Waals surface area (Å²) >= 11 is 5.70. The van der Waals surface area contributed by atoms with Crippen LogP contribution in [0.4, 0.5) is 0 Å². The fourth-order valence-electron chi connectivity index (χ4n) is 0.679. The lowest BCUT2D eigenvalue weighted by Crippen LogP contribution is -1.92. The Morgan fingerprint density at radius 3 is 2.11 bits per heavy atom. The van der Waals surface area contributed by atoms with E-state index in [1.165, 1.54) is 0 Å². The van der Waals surface area contributed by atoms with Gasteiger partial charge >= 0.3 is 0 Å². The average Bonchev–Trinajstić information content (AvgIpc) is 1.98. The molecule has 0 atom stereocenters. The van der Waals surface area contributed by atoms with Crippen LogP contribution >= 0.6 is 11.6 Å². The molecule has 9 heavy (non-hydrogen) atoms. The molecule has 0 spiro atoms. The fraction of sp³-hybridized carbons (Fsp3) is 0.500. The molecule has 1 aromatic rings. The number of aryl methyl sites for hydroxylation is 1. The Labute approximate surface area is 59.5 Å². The van der Waals surface area contributed by atoms with E-state index >= 15 is 0 Å². The van der Waals surface area contributed by atoms with E-state index in [4.69, 9.17) is 11.6 Å². The van der Waals surface area contributed by atoms with Gasteiger partial charge in [0.25, 0.3) is 0 Å². The molecule has 0 aromatic carbocycles. The molecule has 0 N–H and O–H groups in total. The zero-order valence-electron chi connectivity index (χ0n) is 5.77. The molecule has 0 unspecified atom stereocenters. The van der Waals surface area contributed by atoms with Crippen molar-refractivity contribution < 1.29 is 0 Å². The number of halogens is 1. The number of rotatable bonds is 0. The van der Waals surface area contributed by atoms with Crippen LogP contribution in [-0.4, -0.2) is 9.55 Å². The molecule has 0 aliphatic carbocycles. The monoisotopic (exact) mass is 144 g/mol. The maximum atomic E-state index is 5.70. The first-order chi connectivity index (χ1) is 4.13. The number of nitrogens with zero attached hydrogens (tertiary/aromatic N) is 2. The lowest BCUT2D eigenvalue weighted by Gasteiger charge is -1.94. The summed E-state index contributed by atoms with van der Waals surface area (Å²) < 4.78 is 1.96. The number of hydrogen-bond donors (Lipinski definition) is 0. The number of hydrogen-bond acceptors (Lipinski definition) is 1. The van der Waals surface area contributed by atoms with Crippen molar-refractivity contribution in [2.45, 2.75) is 13.8 Å². The summed E-state index contributed by atoms with van der Waals surface area (Å²) in [7, 11) is 1.95. The second kappa shape index (κ2) is 2.03. The molecule has 1 rings (SSSR count). The highest BCUT2D eigenvalue weighted by molar-refractivity contribution is 6.30. The van der Waals surface area contributed by atoms with Gasteiger partial charge < -0.3 is 4.57 Å². The van der Waals surface area contributed by atoms with Crippen LogP contribution in [0, 0.1) is 13.8 Å². The summed E-state index contributed by atoms with van der Waals surface area (Å²) in [6.07, 6.45) is 0. The predicted octanol–water partition coefficient (Wildman–Crippen LogP) is 1.69. The molecule has 1 heterocycles. The zero-order valence-corrected chi connectivity index (χ0v) is 6.53. The van der Waals surface area contributed by atoms with Crippen LogP contribution in [-0.2, 0) is 7.05 Å². The number of imidazole rings is 1. The van der Waals surface area contributed by atoms with Crippen LogP contribution in [0.1, 0.15) is 11.5 Å². The van der Waals surface area contributed by atoms with Crippen molar-refractivity contribution in [1.29, 1.82) is 0 Å². The van der Waals surface area contributed by atoms with Crippen LogP contribution in [0.3, 0.4) is 0 Å². The van der Waals surface area contributed by atoms with E-state index in [-0.39, 0.29) is 0 Å². The highest BCUT2D eigenvalue weighted by atomic mass is 35.5. The van der Waals surface area contributed by atoms with E-state index in [0.717, 1.165) is 11.5 Å². The summed E-state index contributed by atoms with van der Waals surface area (Å²) in [6.45, 7) is 3.88. The molecule has 0 radical (unpaired) electrons. The topological polar surface area (TPSA) is 17.8 Å². The largest absolute Gasteiger partial charge is 0.334 e. The highest BCUT2D eigenvalue weighted by Gasteiger charge is 2.02. The zero-order chi connectivity index (χ0) is 7.02. The van der Waals surface area contributed by atoms with Gasteiger partial charge in [0.05, 0.1) is 5.69 Å². The second-order valence-corrected chi connectivity index (χ2v) is 2.45. The third-order valence-electron chi connectivity index (χ3n) is 1.55. The predicted molar refractivity (Wildman–Crippen MR) is 37.7 cm³/mol. The summed E-state index contributed by atoms with van der Waals surface area (Å²) in [6, 6.07) is 0. The van der Waals surface area contributed by atoms with Crippen molar-refractivity contribution in [1.82, 2.24) is 9.55 Å². The van der Waals surface area contributed by atoms with Gasteiger partial charge in [-0.15, -0.1) is 0 Å². The first-order valence-electron chi connectivity index (χ1n) is 2.78. The van der Waals surface area contributed by atoms with Gasteiger partial charge in [-0.25, -0.2) is 4.98 Å². The molecule has 0 saturated heterocycles. The van der Waals surface area contributed by atoms with E-state index in [2.05, 4.69) is 4.98 Å². The highest BCUT2D eigenvalue weighted by Crippen LogP contribution is 2.12. The van der Waals surface area contributed by atoms with Crippen molar-refractivity contribution >= 4 is 11.6 Å². The molecule has 0 aliphatic rings. The van der Waals surface area contributed by atoms with Gasteiger partial charge in [0.15, 0.2) is 0 Å². The molecule has 3 heteroatoms. The van der Waals surface area contributed by atoms with Gasteiger partial charge in [0.1, 0.15) is 11.0 Å². The minimum Gasteiger partial charge on any atom is -0.334 e. The Balaban J connectivity index is 3.29. The standard InChI is InChI=1S/C6H9ClN2/c1-4-6(7)8-5(2)9(4)3/h1-3H3. The van der Waals surface area contributed by atoms with E-state index in [0.29, 0.717) is 5.15 Å². The van der Waals surface area contributed by atoms with Crippen LogP contribution in [0.5, 0.6) is 0 Å². The minimum atomic E-state index is 0.606. The lowest BCUT2D eigenvalue weighted by molar-refractivity contribution is 0.827. The van der Waals surface area contributed by atoms with Crippen molar-refractivity contribution in [2.75, 3.05) is 0 Å². The van der Waals surface area contributed by atoms with E-state index in [1.807, 2.05) is 25.5 Å². The summed E-state index contributed by atoms with van der Waals surface area (Å²) in [4.78, 5) is 4.04. The molecule has 0 bridgehead atoms. The smallest absolute Gasteiger partial charge is 0.150 e. The van der Waals surface area contributed by atoms with Gasteiger partial charge in [0, 0.05) is 7.05 Å². The Bertz CT molecular complexity index is 205. The van der Waals surface area contributed by atoms with E-state index in [9.17, 15) is 0 Å². The Kier molecular flexibility index (Phi) is 1.49. The third-order valence-corrected chi connectivity index (χ3v) is 1.91. The first-order valence-corrected chi connectivity index (χ1v) is 3.16. The molecule has 2 nitrogen and oxygen atoms in total. The molecule has 1 aromatic heterocycles.